The third kappa shape index (κ3) is 6.09. The van der Waals surface area contributed by atoms with Crippen molar-refractivity contribution in [3.8, 4) is 16.9 Å². The van der Waals surface area contributed by atoms with Gasteiger partial charge in [0, 0.05) is 43.6 Å². The van der Waals surface area contributed by atoms with Gasteiger partial charge in [-0.2, -0.15) is 10.2 Å². The van der Waals surface area contributed by atoms with Gasteiger partial charge in [-0.3, -0.25) is 10.00 Å². The lowest BCUT2D eigenvalue weighted by Gasteiger charge is -2.38. The van der Waals surface area contributed by atoms with Crippen LogP contribution in [0.5, 0.6) is 0 Å². The molecule has 4 aromatic rings. The van der Waals surface area contributed by atoms with E-state index in [1.54, 1.807) is 15.6 Å². The average Bonchev–Trinajstić information content (AvgIpc) is 3.64. The lowest BCUT2D eigenvalue weighted by Crippen LogP contribution is -2.42. The number of hydroxylamine groups is 3. The van der Waals surface area contributed by atoms with Crippen molar-refractivity contribution in [3.63, 3.8) is 0 Å². The largest absolute Gasteiger partial charge is 0.633 e. The fraction of sp³-hybridized carbons (Fsp3) is 0.310. The Hall–Kier alpha value is -4.26. The minimum atomic E-state index is -0.988. The molecule has 41 heavy (non-hydrogen) atoms. The molecule has 2 amide bonds. The Bertz CT molecular complexity index is 1570. The highest BCUT2D eigenvalue weighted by atomic mass is 19.2. The number of likely N-dealkylation sites (tertiary alicyclic amines) is 1. The molecule has 2 aromatic heterocycles. The molecule has 2 aromatic carbocycles. The second-order valence-corrected chi connectivity index (χ2v) is 10.3. The fourth-order valence-electron chi connectivity index (χ4n) is 5.28. The Kier molecular flexibility index (Phi) is 8.06. The van der Waals surface area contributed by atoms with Gasteiger partial charge in [-0.25, -0.2) is 23.2 Å². The van der Waals surface area contributed by atoms with Crippen LogP contribution in [0, 0.1) is 29.7 Å². The highest BCUT2D eigenvalue weighted by Gasteiger charge is 2.40. The molecule has 0 bridgehead atoms. The number of benzene rings is 2. The summed E-state index contributed by atoms with van der Waals surface area (Å²) in [5, 5.41) is 25.3. The predicted octanol–water partition coefficient (Wildman–Crippen LogP) is 4.84. The molecule has 3 heterocycles. The quantitative estimate of drug-likeness (QED) is 0.188. The van der Waals surface area contributed by atoms with Gasteiger partial charge in [0.25, 0.3) is 0 Å². The van der Waals surface area contributed by atoms with Crippen molar-refractivity contribution in [1.82, 2.24) is 19.6 Å². The summed E-state index contributed by atoms with van der Waals surface area (Å²) < 4.78 is 35.5. The van der Waals surface area contributed by atoms with Gasteiger partial charge in [0.1, 0.15) is 18.1 Å². The lowest BCUT2D eigenvalue weighted by molar-refractivity contribution is -0.870. The van der Waals surface area contributed by atoms with Gasteiger partial charge in [0.15, 0.2) is 11.6 Å². The zero-order valence-corrected chi connectivity index (χ0v) is 23.0. The summed E-state index contributed by atoms with van der Waals surface area (Å²) in [7, 11) is 3.33. The van der Waals surface area contributed by atoms with Gasteiger partial charge in [-0.05, 0) is 36.8 Å². The summed E-state index contributed by atoms with van der Waals surface area (Å²) in [6.45, 7) is 2.54. The zero-order valence-electron chi connectivity index (χ0n) is 23.0. The Morgan fingerprint density at radius 1 is 1.22 bits per heavy atom. The van der Waals surface area contributed by atoms with Gasteiger partial charge in [0.05, 0.1) is 37.5 Å². The van der Waals surface area contributed by atoms with Crippen LogP contribution in [-0.4, -0.2) is 69.8 Å². The number of quaternary nitrogens is 1. The molecule has 3 atom stereocenters. The van der Waals surface area contributed by atoms with Crippen LogP contribution >= 0.6 is 0 Å². The molecule has 1 fully saturated rings. The Balaban J connectivity index is 1.43. The van der Waals surface area contributed by atoms with E-state index in [1.807, 2.05) is 50.5 Å². The third-order valence-electron chi connectivity index (χ3n) is 7.37. The van der Waals surface area contributed by atoms with Crippen LogP contribution in [0.25, 0.3) is 16.9 Å². The number of aryl methyl sites for hydroxylation is 1. The third-order valence-corrected chi connectivity index (χ3v) is 7.37. The number of anilines is 1. The number of hydrogen-bond donors (Lipinski definition) is 1. The summed E-state index contributed by atoms with van der Waals surface area (Å²) in [5.41, 5.74) is 3.39. The van der Waals surface area contributed by atoms with E-state index >= 15 is 0 Å². The summed E-state index contributed by atoms with van der Waals surface area (Å²) in [6.07, 6.45) is 4.97. The van der Waals surface area contributed by atoms with Gasteiger partial charge < -0.3 is 14.6 Å². The minimum absolute atomic E-state index is 0.121. The first-order chi connectivity index (χ1) is 19.7. The summed E-state index contributed by atoms with van der Waals surface area (Å²) in [4.78, 5) is 17.3. The average molecular weight is 564 g/mol. The molecule has 0 aliphatic carbocycles. The van der Waals surface area contributed by atoms with Crippen molar-refractivity contribution < 1.29 is 23.0 Å². The number of nitrogens with one attached hydrogen (secondary N) is 1. The van der Waals surface area contributed by atoms with Gasteiger partial charge in [0.2, 0.25) is 0 Å². The number of ether oxygens (including phenoxy) is 1. The van der Waals surface area contributed by atoms with Crippen molar-refractivity contribution in [3.05, 3.63) is 88.9 Å². The Morgan fingerprint density at radius 2 is 2.00 bits per heavy atom. The number of aromatic nitrogens is 4. The fourth-order valence-corrected chi connectivity index (χ4v) is 5.28. The Labute approximate surface area is 236 Å². The highest BCUT2D eigenvalue weighted by molar-refractivity contribution is 5.96. The van der Waals surface area contributed by atoms with Crippen LogP contribution in [0.15, 0.2) is 65.9 Å². The Morgan fingerprint density at radius 3 is 2.68 bits per heavy atom. The summed E-state index contributed by atoms with van der Waals surface area (Å²) >= 11 is 0. The SMILES string of the molecule is COCC[N+]1([O-])CC(/C=N\C(=O)Nc2c(C)c(-c3cnn(C)c3)nn2-c2ccccc2)[C@H](c2ccc(F)c(F)c2)C1. The normalized spacial score (nSPS) is 20.6. The van der Waals surface area contributed by atoms with E-state index in [0.717, 1.165) is 28.9 Å². The van der Waals surface area contributed by atoms with Crippen LogP contribution in [-0.2, 0) is 11.8 Å². The summed E-state index contributed by atoms with van der Waals surface area (Å²) in [6, 6.07) is 12.3. The van der Waals surface area contributed by atoms with Crippen molar-refractivity contribution in [2.24, 2.45) is 18.0 Å². The van der Waals surface area contributed by atoms with E-state index in [0.29, 0.717) is 17.1 Å². The number of methoxy groups -OCH3 is 1. The van der Waals surface area contributed by atoms with Gasteiger partial charge in [-0.1, -0.05) is 24.3 Å². The highest BCUT2D eigenvalue weighted by Crippen LogP contribution is 2.36. The molecule has 0 saturated carbocycles. The topological polar surface area (TPSA) is 109 Å². The van der Waals surface area contributed by atoms with Gasteiger partial charge in [-0.15, -0.1) is 0 Å². The molecule has 10 nitrogen and oxygen atoms in total. The molecule has 12 heteroatoms. The number of carbonyl (C=O) groups excluding carboxylic acids is 1. The van der Waals surface area contributed by atoms with Crippen molar-refractivity contribution in [2.75, 3.05) is 38.7 Å². The molecular formula is C29H31F2N7O3. The number of aliphatic imine (C=N–C) groups is 1. The zero-order chi connectivity index (χ0) is 29.1. The molecule has 1 aliphatic rings. The molecule has 0 radical (unpaired) electrons. The summed E-state index contributed by atoms with van der Waals surface area (Å²) in [5.74, 6) is -2.45. The number of rotatable bonds is 8. The van der Waals surface area contributed by atoms with Crippen molar-refractivity contribution in [1.29, 1.82) is 0 Å². The monoisotopic (exact) mass is 563 g/mol. The maximum atomic E-state index is 14.1. The van der Waals surface area contributed by atoms with Crippen molar-refractivity contribution in [2.45, 2.75) is 12.8 Å². The van der Waals surface area contributed by atoms with Crippen LogP contribution in [0.1, 0.15) is 17.0 Å². The van der Waals surface area contributed by atoms with Crippen LogP contribution in [0.3, 0.4) is 0 Å². The number of para-hydroxylation sites is 1. The molecule has 214 valence electrons. The van der Waals surface area contributed by atoms with E-state index in [9.17, 15) is 18.8 Å². The van der Waals surface area contributed by atoms with Crippen molar-refractivity contribution >= 4 is 18.1 Å². The molecule has 0 spiro atoms. The van der Waals surface area contributed by atoms with E-state index in [4.69, 9.17) is 9.84 Å². The smallest absolute Gasteiger partial charge is 0.346 e. The van der Waals surface area contributed by atoms with Crippen LogP contribution in [0.2, 0.25) is 0 Å². The molecular weight excluding hydrogens is 532 g/mol. The van der Waals surface area contributed by atoms with Crippen LogP contribution in [0.4, 0.5) is 19.4 Å². The second-order valence-electron chi connectivity index (χ2n) is 10.3. The first kappa shape index (κ1) is 28.3. The molecule has 1 aliphatic heterocycles. The lowest BCUT2D eigenvalue weighted by atomic mass is 9.89. The van der Waals surface area contributed by atoms with Crippen LogP contribution < -0.4 is 5.32 Å². The molecule has 1 saturated heterocycles. The predicted molar refractivity (Wildman–Crippen MR) is 151 cm³/mol. The first-order valence-corrected chi connectivity index (χ1v) is 13.2. The number of urea groups is 1. The van der Waals surface area contributed by atoms with E-state index in [-0.39, 0.29) is 26.2 Å². The maximum Gasteiger partial charge on any atom is 0.346 e. The molecule has 1 N–H and O–H groups in total. The van der Waals surface area contributed by atoms with E-state index < -0.39 is 34.1 Å². The molecule has 2 unspecified atom stereocenters. The number of hydrogen-bond acceptors (Lipinski definition) is 5. The molecule has 5 rings (SSSR count). The number of halogens is 2. The maximum absolute atomic E-state index is 14.1. The first-order valence-electron chi connectivity index (χ1n) is 13.2. The van der Waals surface area contributed by atoms with E-state index in [2.05, 4.69) is 15.4 Å². The minimum Gasteiger partial charge on any atom is -0.633 e. The van der Waals surface area contributed by atoms with E-state index in [1.165, 1.54) is 19.4 Å². The standard InChI is InChI=1S/C29H31F2N7O3/c1-19-27(21-15-33-36(2)16-21)35-37(23-7-5-4-6-8-23)28(19)34-29(39)32-14-22-17-38(40,11-12-41-3)18-24(22)20-9-10-25(30)26(31)13-20/h4-10,13-16,22,24H,11-12,17-18H2,1-3H3,(H,34,39)/b32-14-/t22?,24-,38?/m0/s1. The number of carbonyl (C=O) groups is 1. The second kappa shape index (κ2) is 11.7. The number of amides is 2. The number of nitrogens with zero attached hydrogens (tertiary/aromatic N) is 6. The van der Waals surface area contributed by atoms with Gasteiger partial charge >= 0.3 is 6.03 Å².